The normalized spacial score (nSPS) is 23.8. The highest BCUT2D eigenvalue weighted by atomic mass is 16.2. The summed E-state index contributed by atoms with van der Waals surface area (Å²) >= 11 is 0. The minimum Gasteiger partial charge on any atom is -0.355 e. The van der Waals surface area contributed by atoms with Crippen molar-refractivity contribution in [2.75, 3.05) is 31.1 Å². The molecule has 2 aliphatic rings. The van der Waals surface area contributed by atoms with E-state index in [1.807, 2.05) is 24.8 Å². The Morgan fingerprint density at radius 1 is 1.42 bits per heavy atom. The minimum absolute atomic E-state index is 0.234. The number of nitrogens with zero attached hydrogens (tertiary/aromatic N) is 4. The van der Waals surface area contributed by atoms with E-state index >= 15 is 0 Å². The number of hydrogen-bond acceptors (Lipinski definition) is 5. The van der Waals surface area contributed by atoms with Crippen LogP contribution in [0.4, 0.5) is 5.82 Å². The van der Waals surface area contributed by atoms with Crippen molar-refractivity contribution in [3.63, 3.8) is 0 Å². The first kappa shape index (κ1) is 16.7. The molecule has 1 amide bonds. The van der Waals surface area contributed by atoms with Gasteiger partial charge in [-0.1, -0.05) is 0 Å². The first-order valence-electron chi connectivity index (χ1n) is 8.68. The Morgan fingerprint density at radius 2 is 2.21 bits per heavy atom. The molecule has 24 heavy (non-hydrogen) atoms. The maximum Gasteiger partial charge on any atom is 0.222 e. The molecular weight excluding hydrogens is 302 g/mol. The quantitative estimate of drug-likeness (QED) is 0.905. The molecule has 3 rings (SSSR count). The zero-order chi connectivity index (χ0) is 17.3. The number of rotatable bonds is 3. The fourth-order valence-corrected chi connectivity index (χ4v) is 4.16. The zero-order valence-corrected chi connectivity index (χ0v) is 14.5. The van der Waals surface area contributed by atoms with Crippen LogP contribution >= 0.6 is 0 Å². The summed E-state index contributed by atoms with van der Waals surface area (Å²) in [6.07, 6.45) is 2.42. The van der Waals surface area contributed by atoms with E-state index in [-0.39, 0.29) is 11.9 Å². The van der Waals surface area contributed by atoms with Gasteiger partial charge in [0, 0.05) is 44.3 Å². The summed E-state index contributed by atoms with van der Waals surface area (Å²) in [5.41, 5.74) is 8.27. The molecule has 2 aliphatic heterocycles. The lowest BCUT2D eigenvalue weighted by Gasteiger charge is -2.47. The fraction of sp³-hybridized carbons (Fsp3) is 0.611. The van der Waals surface area contributed by atoms with Crippen LogP contribution in [0.5, 0.6) is 0 Å². The van der Waals surface area contributed by atoms with Crippen molar-refractivity contribution in [1.29, 1.82) is 5.26 Å². The molecule has 0 bridgehead atoms. The highest BCUT2D eigenvalue weighted by Crippen LogP contribution is 2.34. The molecule has 3 heterocycles. The van der Waals surface area contributed by atoms with Gasteiger partial charge in [-0.15, -0.1) is 0 Å². The van der Waals surface area contributed by atoms with Crippen LogP contribution in [0.2, 0.25) is 0 Å². The molecule has 0 unspecified atom stereocenters. The second-order valence-electron chi connectivity index (χ2n) is 6.87. The summed E-state index contributed by atoms with van der Waals surface area (Å²) in [5, 5.41) is 9.52. The van der Waals surface area contributed by atoms with Gasteiger partial charge < -0.3 is 15.5 Å². The number of likely N-dealkylation sites (tertiary alicyclic amines) is 1. The van der Waals surface area contributed by atoms with Gasteiger partial charge in [-0.25, -0.2) is 4.98 Å². The summed E-state index contributed by atoms with van der Waals surface area (Å²) in [6, 6.07) is 4.55. The zero-order valence-electron chi connectivity index (χ0n) is 14.5. The van der Waals surface area contributed by atoms with Gasteiger partial charge in [-0.2, -0.15) is 5.26 Å². The molecule has 0 saturated carbocycles. The van der Waals surface area contributed by atoms with E-state index in [4.69, 9.17) is 5.73 Å². The average Bonchev–Trinajstić information content (AvgIpc) is 2.56. The van der Waals surface area contributed by atoms with Crippen LogP contribution in [0.25, 0.3) is 0 Å². The van der Waals surface area contributed by atoms with E-state index in [2.05, 4.69) is 16.0 Å². The topological polar surface area (TPSA) is 86.2 Å². The Bertz CT molecular complexity index is 681. The van der Waals surface area contributed by atoms with Gasteiger partial charge >= 0.3 is 0 Å². The van der Waals surface area contributed by atoms with E-state index in [1.165, 1.54) is 0 Å². The Hall–Kier alpha value is -2.13. The number of carbonyl (C=O) groups excluding carboxylic acids is 1. The Morgan fingerprint density at radius 3 is 2.92 bits per heavy atom. The minimum atomic E-state index is 0.234. The van der Waals surface area contributed by atoms with Crippen LogP contribution in [0.3, 0.4) is 0 Å². The summed E-state index contributed by atoms with van der Waals surface area (Å²) in [5.74, 6) is 1.46. The number of anilines is 1. The van der Waals surface area contributed by atoms with Gasteiger partial charge in [0.1, 0.15) is 11.9 Å². The van der Waals surface area contributed by atoms with E-state index in [9.17, 15) is 10.1 Å². The maximum absolute atomic E-state index is 12.2. The summed E-state index contributed by atoms with van der Waals surface area (Å²) < 4.78 is 0. The van der Waals surface area contributed by atoms with Crippen LogP contribution in [0.15, 0.2) is 6.07 Å². The summed E-state index contributed by atoms with van der Waals surface area (Å²) in [4.78, 5) is 21.0. The summed E-state index contributed by atoms with van der Waals surface area (Å²) in [6.45, 7) is 6.75. The van der Waals surface area contributed by atoms with Gasteiger partial charge in [0.15, 0.2) is 0 Å². The predicted octanol–water partition coefficient (Wildman–Crippen LogP) is 1.35. The largest absolute Gasteiger partial charge is 0.355 e. The number of piperidine rings is 2. The lowest BCUT2D eigenvalue weighted by molar-refractivity contribution is -0.139. The van der Waals surface area contributed by atoms with Crippen molar-refractivity contribution in [2.45, 2.75) is 39.2 Å². The Balaban J connectivity index is 1.84. The van der Waals surface area contributed by atoms with Gasteiger partial charge in [-0.3, -0.25) is 4.79 Å². The average molecular weight is 327 g/mol. The number of pyridine rings is 1. The first-order valence-corrected chi connectivity index (χ1v) is 8.68. The molecule has 128 valence electrons. The third-order valence-electron chi connectivity index (χ3n) is 5.25. The third-order valence-corrected chi connectivity index (χ3v) is 5.25. The van der Waals surface area contributed by atoms with Crippen LogP contribution < -0.4 is 10.6 Å². The van der Waals surface area contributed by atoms with Gasteiger partial charge in [0.25, 0.3) is 0 Å². The number of nitrogens with two attached hydrogens (primary N) is 1. The smallest absolute Gasteiger partial charge is 0.222 e. The number of carbonyl (C=O) groups is 1. The first-order chi connectivity index (χ1) is 11.5. The summed E-state index contributed by atoms with van der Waals surface area (Å²) in [7, 11) is 0. The molecule has 2 fully saturated rings. The van der Waals surface area contributed by atoms with Gasteiger partial charge in [0.05, 0.1) is 5.56 Å². The fourth-order valence-electron chi connectivity index (χ4n) is 4.16. The van der Waals surface area contributed by atoms with Crippen LogP contribution in [0.1, 0.15) is 36.1 Å². The molecule has 6 nitrogen and oxygen atoms in total. The van der Waals surface area contributed by atoms with E-state index in [1.54, 1.807) is 0 Å². The number of aromatic nitrogens is 1. The third kappa shape index (κ3) is 2.96. The number of fused-ring (bicyclic) bond motifs is 1. The highest BCUT2D eigenvalue weighted by Gasteiger charge is 2.39. The molecule has 2 atom stereocenters. The lowest BCUT2D eigenvalue weighted by atomic mass is 9.83. The molecule has 1 aromatic rings. The monoisotopic (exact) mass is 327 g/mol. The second-order valence-corrected chi connectivity index (χ2v) is 6.87. The van der Waals surface area contributed by atoms with Gasteiger partial charge in [0.2, 0.25) is 5.91 Å². The molecule has 2 N–H and O–H groups in total. The van der Waals surface area contributed by atoms with Crippen LogP contribution in [-0.4, -0.2) is 48.0 Å². The van der Waals surface area contributed by atoms with E-state index < -0.39 is 0 Å². The van der Waals surface area contributed by atoms with Crippen molar-refractivity contribution >= 4 is 11.7 Å². The van der Waals surface area contributed by atoms with Crippen molar-refractivity contribution in [3.05, 3.63) is 22.9 Å². The van der Waals surface area contributed by atoms with E-state index in [0.29, 0.717) is 31.0 Å². The molecule has 0 aliphatic carbocycles. The van der Waals surface area contributed by atoms with Crippen molar-refractivity contribution < 1.29 is 4.79 Å². The van der Waals surface area contributed by atoms with Crippen molar-refractivity contribution in [2.24, 2.45) is 11.7 Å². The molecular formula is C18H25N5O. The molecule has 0 radical (unpaired) electrons. The number of amides is 1. The number of nitriles is 1. The number of aryl methyl sites for hydroxylation is 2. The SMILES string of the molecule is Cc1cc(C)c(C#N)c(N2CC[C@@H]3[C@@H](CCC(=O)N3CCN)C2)n1. The van der Waals surface area contributed by atoms with Crippen LogP contribution in [0, 0.1) is 31.1 Å². The molecule has 0 spiro atoms. The molecule has 0 aromatic carbocycles. The molecule has 6 heteroatoms. The van der Waals surface area contributed by atoms with E-state index in [0.717, 1.165) is 43.0 Å². The highest BCUT2D eigenvalue weighted by molar-refractivity contribution is 5.77. The number of hydrogen-bond donors (Lipinski definition) is 1. The Labute approximate surface area is 143 Å². The van der Waals surface area contributed by atoms with Crippen molar-refractivity contribution in [3.8, 4) is 6.07 Å². The molecule has 1 aromatic heterocycles. The maximum atomic E-state index is 12.2. The Kier molecular flexibility index (Phi) is 4.72. The molecule has 2 saturated heterocycles. The lowest BCUT2D eigenvalue weighted by Crippen LogP contribution is -2.57. The second kappa shape index (κ2) is 6.78. The van der Waals surface area contributed by atoms with Gasteiger partial charge in [-0.05, 0) is 44.2 Å². The predicted molar refractivity (Wildman–Crippen MR) is 92.5 cm³/mol. The van der Waals surface area contributed by atoms with Crippen molar-refractivity contribution in [1.82, 2.24) is 9.88 Å². The van der Waals surface area contributed by atoms with Crippen LogP contribution in [-0.2, 0) is 4.79 Å². The standard InChI is InChI=1S/C18H25N5O/c1-12-9-13(2)21-18(15(12)10-20)22-7-5-16-14(11-22)3-4-17(24)23(16)8-6-19/h9,14,16H,3-8,11,19H2,1-2H3/t14-,16+/m0/s1.